The molecule has 0 spiro atoms. The Morgan fingerprint density at radius 2 is 2.04 bits per heavy atom. The number of hydrogen-bond donors (Lipinski definition) is 1. The van der Waals surface area contributed by atoms with Crippen molar-refractivity contribution in [2.45, 2.75) is 20.8 Å². The molecular weight excluding hydrogens is 312 g/mol. The molecule has 0 saturated carbocycles. The van der Waals surface area contributed by atoms with Crippen molar-refractivity contribution < 1.29 is 9.21 Å². The standard InChI is InChI=1S/C18H17ClN2O2/c1-10(2)17(22)20-14-6-4-5-13(11(14)3)18-21-15-9-12(19)7-8-16(15)23-18/h4-10H,1-3H3,(H,20,22). The number of oxazole rings is 1. The number of aromatic nitrogens is 1. The molecule has 0 radical (unpaired) electrons. The number of carbonyl (C=O) groups excluding carboxylic acids is 1. The van der Waals surface area contributed by atoms with Gasteiger partial charge in [0.05, 0.1) is 0 Å². The third-order valence-electron chi connectivity index (χ3n) is 3.70. The van der Waals surface area contributed by atoms with E-state index in [1.54, 1.807) is 18.2 Å². The lowest BCUT2D eigenvalue weighted by Gasteiger charge is -2.12. The number of fused-ring (bicyclic) bond motifs is 1. The maximum atomic E-state index is 11.9. The lowest BCUT2D eigenvalue weighted by atomic mass is 10.1. The average molecular weight is 329 g/mol. The molecule has 1 heterocycles. The summed E-state index contributed by atoms with van der Waals surface area (Å²) in [4.78, 5) is 16.4. The number of hydrogen-bond acceptors (Lipinski definition) is 3. The summed E-state index contributed by atoms with van der Waals surface area (Å²) in [5, 5.41) is 3.55. The highest BCUT2D eigenvalue weighted by Crippen LogP contribution is 2.31. The van der Waals surface area contributed by atoms with Gasteiger partial charge in [-0.25, -0.2) is 4.98 Å². The van der Waals surface area contributed by atoms with Gasteiger partial charge in [-0.15, -0.1) is 0 Å². The van der Waals surface area contributed by atoms with Gasteiger partial charge in [0.25, 0.3) is 0 Å². The van der Waals surface area contributed by atoms with Crippen LogP contribution in [0.3, 0.4) is 0 Å². The molecule has 1 N–H and O–H groups in total. The van der Waals surface area contributed by atoms with E-state index in [0.717, 1.165) is 16.8 Å². The zero-order valence-corrected chi connectivity index (χ0v) is 13.9. The second-order valence-electron chi connectivity index (χ2n) is 5.75. The van der Waals surface area contributed by atoms with Crippen LogP contribution in [0.2, 0.25) is 5.02 Å². The molecule has 1 amide bonds. The first kappa shape index (κ1) is 15.6. The molecule has 2 aromatic carbocycles. The Hall–Kier alpha value is -2.33. The predicted molar refractivity (Wildman–Crippen MR) is 92.7 cm³/mol. The zero-order valence-electron chi connectivity index (χ0n) is 13.2. The minimum absolute atomic E-state index is 0.0189. The van der Waals surface area contributed by atoms with Crippen molar-refractivity contribution in [3.8, 4) is 11.5 Å². The normalized spacial score (nSPS) is 11.2. The summed E-state index contributed by atoms with van der Waals surface area (Å²) in [5.74, 6) is 0.416. The van der Waals surface area contributed by atoms with Gasteiger partial charge in [-0.05, 0) is 42.8 Å². The largest absolute Gasteiger partial charge is 0.436 e. The second kappa shape index (κ2) is 6.05. The van der Waals surface area contributed by atoms with Crippen LogP contribution >= 0.6 is 11.6 Å². The van der Waals surface area contributed by atoms with Crippen molar-refractivity contribution in [2.75, 3.05) is 5.32 Å². The topological polar surface area (TPSA) is 55.1 Å². The van der Waals surface area contributed by atoms with Gasteiger partial charge in [-0.3, -0.25) is 4.79 Å². The van der Waals surface area contributed by atoms with E-state index < -0.39 is 0 Å². The molecule has 23 heavy (non-hydrogen) atoms. The van der Waals surface area contributed by atoms with Crippen LogP contribution in [0.4, 0.5) is 5.69 Å². The van der Waals surface area contributed by atoms with E-state index in [0.29, 0.717) is 22.0 Å². The first-order chi connectivity index (χ1) is 11.0. The highest BCUT2D eigenvalue weighted by atomic mass is 35.5. The molecule has 0 fully saturated rings. The summed E-state index contributed by atoms with van der Waals surface area (Å²) in [6, 6.07) is 11.0. The molecule has 118 valence electrons. The van der Waals surface area contributed by atoms with Crippen LogP contribution in [0, 0.1) is 12.8 Å². The Morgan fingerprint density at radius 3 is 2.78 bits per heavy atom. The Bertz CT molecular complexity index is 884. The van der Waals surface area contributed by atoms with E-state index in [9.17, 15) is 4.79 Å². The fourth-order valence-corrected chi connectivity index (χ4v) is 2.46. The summed E-state index contributed by atoms with van der Waals surface area (Å²) < 4.78 is 5.81. The van der Waals surface area contributed by atoms with Crippen LogP contribution in [-0.2, 0) is 4.79 Å². The molecule has 5 heteroatoms. The molecule has 3 aromatic rings. The third-order valence-corrected chi connectivity index (χ3v) is 3.93. The molecule has 0 aliphatic heterocycles. The van der Waals surface area contributed by atoms with Crippen molar-refractivity contribution in [2.24, 2.45) is 5.92 Å². The zero-order chi connectivity index (χ0) is 16.6. The van der Waals surface area contributed by atoms with Gasteiger partial charge in [0, 0.05) is 22.2 Å². The van der Waals surface area contributed by atoms with Crippen molar-refractivity contribution in [3.63, 3.8) is 0 Å². The fraction of sp³-hybridized carbons (Fsp3) is 0.222. The van der Waals surface area contributed by atoms with Gasteiger partial charge < -0.3 is 9.73 Å². The number of benzene rings is 2. The quantitative estimate of drug-likeness (QED) is 0.731. The second-order valence-corrected chi connectivity index (χ2v) is 6.19. The Balaban J connectivity index is 2.03. The van der Waals surface area contributed by atoms with E-state index in [1.807, 2.05) is 39.0 Å². The smallest absolute Gasteiger partial charge is 0.227 e. The summed E-state index contributed by atoms with van der Waals surface area (Å²) in [5.41, 5.74) is 3.92. The van der Waals surface area contributed by atoms with Gasteiger partial charge in [-0.2, -0.15) is 0 Å². The minimum atomic E-state index is -0.0791. The number of nitrogens with one attached hydrogen (secondary N) is 1. The third kappa shape index (κ3) is 3.08. The summed E-state index contributed by atoms with van der Waals surface area (Å²) in [7, 11) is 0. The van der Waals surface area contributed by atoms with E-state index in [4.69, 9.17) is 16.0 Å². The first-order valence-electron chi connectivity index (χ1n) is 7.42. The van der Waals surface area contributed by atoms with Crippen molar-refractivity contribution >= 4 is 34.3 Å². The molecule has 0 bridgehead atoms. The molecule has 0 atom stereocenters. The highest BCUT2D eigenvalue weighted by molar-refractivity contribution is 6.31. The van der Waals surface area contributed by atoms with E-state index in [1.165, 1.54) is 0 Å². The molecule has 0 aliphatic carbocycles. The van der Waals surface area contributed by atoms with E-state index in [-0.39, 0.29) is 11.8 Å². The van der Waals surface area contributed by atoms with Gasteiger partial charge in [0.1, 0.15) is 5.52 Å². The number of halogens is 1. The maximum Gasteiger partial charge on any atom is 0.227 e. The highest BCUT2D eigenvalue weighted by Gasteiger charge is 2.15. The summed E-state index contributed by atoms with van der Waals surface area (Å²) in [6.07, 6.45) is 0. The first-order valence-corrected chi connectivity index (χ1v) is 7.80. The van der Waals surface area contributed by atoms with Crippen LogP contribution in [0.25, 0.3) is 22.6 Å². The number of anilines is 1. The van der Waals surface area contributed by atoms with Crippen LogP contribution in [-0.4, -0.2) is 10.9 Å². The molecular formula is C18H17ClN2O2. The summed E-state index contributed by atoms with van der Waals surface area (Å²) >= 11 is 5.99. The van der Waals surface area contributed by atoms with Crippen molar-refractivity contribution in [1.29, 1.82) is 0 Å². The monoisotopic (exact) mass is 328 g/mol. The molecule has 0 saturated heterocycles. The predicted octanol–water partition coefficient (Wildman–Crippen LogP) is 5.05. The van der Waals surface area contributed by atoms with E-state index in [2.05, 4.69) is 10.3 Å². The van der Waals surface area contributed by atoms with Crippen LogP contribution in [0.15, 0.2) is 40.8 Å². The maximum absolute atomic E-state index is 11.9. The lowest BCUT2D eigenvalue weighted by Crippen LogP contribution is -2.18. The van der Waals surface area contributed by atoms with Crippen molar-refractivity contribution in [1.82, 2.24) is 4.98 Å². The Kier molecular flexibility index (Phi) is 4.09. The number of carbonyl (C=O) groups is 1. The van der Waals surface area contributed by atoms with E-state index >= 15 is 0 Å². The number of amides is 1. The minimum Gasteiger partial charge on any atom is -0.436 e. The number of nitrogens with zero attached hydrogens (tertiary/aromatic N) is 1. The van der Waals surface area contributed by atoms with Crippen LogP contribution < -0.4 is 5.32 Å². The molecule has 0 aliphatic rings. The Morgan fingerprint density at radius 1 is 1.26 bits per heavy atom. The molecule has 3 rings (SSSR count). The SMILES string of the molecule is Cc1c(NC(=O)C(C)C)cccc1-c1nc2cc(Cl)ccc2o1. The molecule has 4 nitrogen and oxygen atoms in total. The van der Waals surface area contributed by atoms with Gasteiger partial charge in [0.2, 0.25) is 11.8 Å². The fourth-order valence-electron chi connectivity index (χ4n) is 2.30. The Labute approximate surface area is 139 Å². The molecule has 1 aromatic heterocycles. The van der Waals surface area contributed by atoms with Gasteiger partial charge in [-0.1, -0.05) is 31.5 Å². The van der Waals surface area contributed by atoms with Crippen LogP contribution in [0.1, 0.15) is 19.4 Å². The van der Waals surface area contributed by atoms with Crippen molar-refractivity contribution in [3.05, 3.63) is 47.0 Å². The number of rotatable bonds is 3. The van der Waals surface area contributed by atoms with Gasteiger partial charge in [0.15, 0.2) is 5.58 Å². The summed E-state index contributed by atoms with van der Waals surface area (Å²) in [6.45, 7) is 5.66. The lowest BCUT2D eigenvalue weighted by molar-refractivity contribution is -0.118. The average Bonchev–Trinajstić information content (AvgIpc) is 2.91. The molecule has 0 unspecified atom stereocenters. The van der Waals surface area contributed by atoms with Gasteiger partial charge >= 0.3 is 0 Å². The van der Waals surface area contributed by atoms with Crippen LogP contribution in [0.5, 0.6) is 0 Å².